The van der Waals surface area contributed by atoms with E-state index >= 15 is 0 Å². The van der Waals surface area contributed by atoms with Gasteiger partial charge in [-0.15, -0.1) is 0 Å². The molecule has 1 aromatic carbocycles. The van der Waals surface area contributed by atoms with Gasteiger partial charge < -0.3 is 4.74 Å². The predicted molar refractivity (Wildman–Crippen MR) is 79.6 cm³/mol. The quantitative estimate of drug-likeness (QED) is 0.441. The fourth-order valence-corrected chi connectivity index (χ4v) is 2.71. The fourth-order valence-electron chi connectivity index (χ4n) is 1.71. The number of halogens is 1. The Morgan fingerprint density at radius 1 is 1.29 bits per heavy atom. The average molecular weight is 354 g/mol. The summed E-state index contributed by atoms with van der Waals surface area (Å²) in [5.74, 6) is -2.03. The van der Waals surface area contributed by atoms with E-state index in [1.165, 1.54) is 12.1 Å². The van der Waals surface area contributed by atoms with Crippen molar-refractivity contribution >= 4 is 21.5 Å². The smallest absolute Gasteiger partial charge is 0.338 e. The van der Waals surface area contributed by atoms with E-state index in [1.54, 1.807) is 0 Å². The van der Waals surface area contributed by atoms with E-state index in [-0.39, 0.29) is 16.3 Å². The van der Waals surface area contributed by atoms with Crippen LogP contribution in [0.2, 0.25) is 0 Å². The molecule has 10 heteroatoms. The molecule has 2 rings (SSSR count). The zero-order valence-corrected chi connectivity index (χ0v) is 12.9. The maximum absolute atomic E-state index is 13.0. The minimum absolute atomic E-state index is 0.0409. The van der Waals surface area contributed by atoms with Crippen LogP contribution in [0.1, 0.15) is 10.4 Å². The molecule has 0 aliphatic rings. The van der Waals surface area contributed by atoms with Gasteiger partial charge in [-0.3, -0.25) is 10.1 Å². The Labute approximate surface area is 136 Å². The van der Waals surface area contributed by atoms with Crippen LogP contribution < -0.4 is 0 Å². The highest BCUT2D eigenvalue weighted by molar-refractivity contribution is 7.91. The highest BCUT2D eigenvalue weighted by atomic mass is 32.2. The molecule has 0 unspecified atom stereocenters. The number of nitro groups is 1. The maximum atomic E-state index is 13.0. The largest absolute Gasteiger partial charge is 0.461 e. The number of rotatable bonds is 6. The molecule has 0 amide bonds. The summed E-state index contributed by atoms with van der Waals surface area (Å²) in [7, 11) is -3.87. The first-order chi connectivity index (χ1) is 11.3. The van der Waals surface area contributed by atoms with Gasteiger partial charge in [-0.2, -0.15) is 0 Å². The topological polar surface area (TPSA) is 116 Å². The number of benzene rings is 1. The molecule has 0 atom stereocenters. The average Bonchev–Trinajstić information content (AvgIpc) is 2.54. The van der Waals surface area contributed by atoms with E-state index in [4.69, 9.17) is 4.74 Å². The summed E-state index contributed by atoms with van der Waals surface area (Å²) in [6.45, 7) is -0.462. The Kier molecular flexibility index (Phi) is 5.19. The molecule has 0 N–H and O–H groups in total. The second-order valence-electron chi connectivity index (χ2n) is 4.58. The zero-order chi connectivity index (χ0) is 17.7. The van der Waals surface area contributed by atoms with E-state index in [9.17, 15) is 27.7 Å². The van der Waals surface area contributed by atoms with E-state index in [2.05, 4.69) is 4.98 Å². The van der Waals surface area contributed by atoms with Crippen molar-refractivity contribution in [1.29, 1.82) is 0 Å². The first-order valence-electron chi connectivity index (χ1n) is 6.55. The molecule has 0 aliphatic heterocycles. The van der Waals surface area contributed by atoms with Gasteiger partial charge >= 0.3 is 5.97 Å². The SMILES string of the molecule is O=C(OCCS(=O)(=O)c1ccc([N+](=O)[O-])cn1)c1cccc(F)c1. The monoisotopic (exact) mass is 354 g/mol. The summed E-state index contributed by atoms with van der Waals surface area (Å²) in [6, 6.07) is 6.79. The van der Waals surface area contributed by atoms with Crippen LogP contribution in [-0.2, 0) is 14.6 Å². The fraction of sp³-hybridized carbons (Fsp3) is 0.143. The molecule has 0 radical (unpaired) electrons. The first-order valence-corrected chi connectivity index (χ1v) is 8.21. The molecule has 8 nitrogen and oxygen atoms in total. The highest BCUT2D eigenvalue weighted by Gasteiger charge is 2.19. The van der Waals surface area contributed by atoms with Crippen molar-refractivity contribution in [2.75, 3.05) is 12.4 Å². The van der Waals surface area contributed by atoms with E-state index < -0.39 is 38.9 Å². The lowest BCUT2D eigenvalue weighted by Gasteiger charge is -2.06. The Morgan fingerprint density at radius 2 is 2.04 bits per heavy atom. The lowest BCUT2D eigenvalue weighted by Crippen LogP contribution is -2.16. The lowest BCUT2D eigenvalue weighted by atomic mass is 10.2. The summed E-state index contributed by atoms with van der Waals surface area (Å²) in [6.07, 6.45) is 0.825. The van der Waals surface area contributed by atoms with Crippen molar-refractivity contribution in [3.63, 3.8) is 0 Å². The van der Waals surface area contributed by atoms with Gasteiger partial charge in [0.2, 0.25) is 0 Å². The van der Waals surface area contributed by atoms with E-state index in [0.29, 0.717) is 0 Å². The number of carbonyl (C=O) groups is 1. The number of esters is 1. The number of hydrogen-bond acceptors (Lipinski definition) is 7. The molecule has 24 heavy (non-hydrogen) atoms. The highest BCUT2D eigenvalue weighted by Crippen LogP contribution is 2.14. The van der Waals surface area contributed by atoms with Crippen LogP contribution in [0.3, 0.4) is 0 Å². The predicted octanol–water partition coefficient (Wildman–Crippen LogP) is 1.76. The molecular formula is C14H11FN2O6S. The minimum Gasteiger partial charge on any atom is -0.461 e. The normalized spacial score (nSPS) is 11.0. The Bertz CT molecular complexity index is 867. The molecule has 0 saturated heterocycles. The third-order valence-electron chi connectivity index (χ3n) is 2.90. The van der Waals surface area contributed by atoms with Crippen LogP contribution in [0.4, 0.5) is 10.1 Å². The summed E-state index contributed by atoms with van der Waals surface area (Å²) in [5.41, 5.74) is -0.382. The van der Waals surface area contributed by atoms with Gasteiger partial charge in [0.15, 0.2) is 14.9 Å². The second-order valence-corrected chi connectivity index (χ2v) is 6.63. The number of hydrogen-bond donors (Lipinski definition) is 0. The Balaban J connectivity index is 1.97. The van der Waals surface area contributed by atoms with Gasteiger partial charge in [0.25, 0.3) is 5.69 Å². The number of sulfone groups is 1. The molecule has 0 bridgehead atoms. The molecule has 0 aliphatic carbocycles. The van der Waals surface area contributed by atoms with Crippen LogP contribution in [0.15, 0.2) is 47.6 Å². The summed E-state index contributed by atoms with van der Waals surface area (Å²) < 4.78 is 41.8. The number of carbonyl (C=O) groups excluding carboxylic acids is 1. The summed E-state index contributed by atoms with van der Waals surface area (Å²) in [4.78, 5) is 25.0. The molecule has 0 spiro atoms. The van der Waals surface area contributed by atoms with Crippen molar-refractivity contribution in [3.05, 3.63) is 64.1 Å². The van der Waals surface area contributed by atoms with Crippen molar-refractivity contribution < 1.29 is 27.3 Å². The minimum atomic E-state index is -3.87. The van der Waals surface area contributed by atoms with Crippen LogP contribution in [-0.4, -0.2) is 36.7 Å². The van der Waals surface area contributed by atoms with Gasteiger partial charge in [0.1, 0.15) is 18.6 Å². The van der Waals surface area contributed by atoms with Crippen LogP contribution in [0, 0.1) is 15.9 Å². The molecule has 126 valence electrons. The van der Waals surface area contributed by atoms with E-state index in [1.807, 2.05) is 0 Å². The van der Waals surface area contributed by atoms with Crippen molar-refractivity contribution in [2.24, 2.45) is 0 Å². The molecular weight excluding hydrogens is 343 g/mol. The van der Waals surface area contributed by atoms with Gasteiger partial charge in [0.05, 0.1) is 16.2 Å². The van der Waals surface area contributed by atoms with Crippen LogP contribution >= 0.6 is 0 Å². The van der Waals surface area contributed by atoms with Crippen molar-refractivity contribution in [3.8, 4) is 0 Å². The molecule has 0 fully saturated rings. The van der Waals surface area contributed by atoms with Crippen LogP contribution in [0.5, 0.6) is 0 Å². The number of nitrogens with zero attached hydrogens (tertiary/aromatic N) is 2. The molecule has 2 aromatic rings. The first kappa shape index (κ1) is 17.5. The Hall–Kier alpha value is -2.88. The number of aromatic nitrogens is 1. The molecule has 1 aromatic heterocycles. The van der Waals surface area contributed by atoms with Crippen molar-refractivity contribution in [2.45, 2.75) is 5.03 Å². The lowest BCUT2D eigenvalue weighted by molar-refractivity contribution is -0.385. The number of pyridine rings is 1. The van der Waals surface area contributed by atoms with Crippen molar-refractivity contribution in [1.82, 2.24) is 4.98 Å². The number of ether oxygens (including phenoxy) is 1. The zero-order valence-electron chi connectivity index (χ0n) is 12.1. The van der Waals surface area contributed by atoms with Gasteiger partial charge in [-0.05, 0) is 24.3 Å². The molecule has 1 heterocycles. The summed E-state index contributed by atoms with van der Waals surface area (Å²) >= 11 is 0. The van der Waals surface area contributed by atoms with Gasteiger partial charge in [0, 0.05) is 6.07 Å². The second kappa shape index (κ2) is 7.13. The maximum Gasteiger partial charge on any atom is 0.338 e. The summed E-state index contributed by atoms with van der Waals surface area (Å²) in [5, 5.41) is 10.1. The van der Waals surface area contributed by atoms with Crippen LogP contribution in [0.25, 0.3) is 0 Å². The van der Waals surface area contributed by atoms with Gasteiger partial charge in [-0.25, -0.2) is 22.6 Å². The standard InChI is InChI=1S/C14H11FN2O6S/c15-11-3-1-2-10(8-11)14(18)23-6-7-24(21,22)13-5-4-12(9-16-13)17(19)20/h1-5,8-9H,6-7H2. The van der Waals surface area contributed by atoms with E-state index in [0.717, 1.165) is 30.5 Å². The Morgan fingerprint density at radius 3 is 2.62 bits per heavy atom. The third-order valence-corrected chi connectivity index (χ3v) is 4.48. The molecule has 0 saturated carbocycles. The third kappa shape index (κ3) is 4.32. The van der Waals surface area contributed by atoms with Gasteiger partial charge in [-0.1, -0.05) is 6.07 Å².